The Kier molecular flexibility index (Phi) is 46.0. The van der Waals surface area contributed by atoms with Crippen molar-refractivity contribution >= 4 is 17.9 Å². The molecule has 1 atom stereocenters. The minimum atomic E-state index is -0.795. The Bertz CT molecular complexity index is 1140. The van der Waals surface area contributed by atoms with Crippen LogP contribution in [0, 0.1) is 0 Å². The van der Waals surface area contributed by atoms with Gasteiger partial charge in [-0.2, -0.15) is 0 Å². The Morgan fingerprint density at radius 2 is 0.650 bits per heavy atom. The fourth-order valence-corrected chi connectivity index (χ4v) is 6.72. The maximum Gasteiger partial charge on any atom is 0.306 e. The van der Waals surface area contributed by atoms with E-state index >= 15 is 0 Å². The Labute approximate surface area is 370 Å². The standard InChI is InChI=1S/C54H92O6/c1-4-7-10-13-16-19-22-25-27-28-30-32-35-38-41-44-47-53(56)59-50-51(49-58-52(55)46-43-40-37-34-31-24-21-18-15-12-9-6-3)60-54(57)48-45-42-39-36-33-29-26-23-20-17-14-11-8-5-2/h8-9,11-12,17-18,20-21,26-29,51H,4-7,10,13-16,19,22-25,30-50H2,1-3H3/b11-8-,12-9-,20-17-,21-18-,28-27-,29-26-. The van der Waals surface area contributed by atoms with E-state index in [1.165, 1.54) is 64.2 Å². The van der Waals surface area contributed by atoms with Crippen LogP contribution in [0.3, 0.4) is 0 Å². The van der Waals surface area contributed by atoms with Crippen molar-refractivity contribution in [2.75, 3.05) is 13.2 Å². The van der Waals surface area contributed by atoms with Gasteiger partial charge >= 0.3 is 17.9 Å². The Hall–Kier alpha value is -3.15. The van der Waals surface area contributed by atoms with Gasteiger partial charge in [-0.25, -0.2) is 0 Å². The second-order valence-corrected chi connectivity index (χ2v) is 16.3. The second kappa shape index (κ2) is 48.5. The number of hydrogen-bond donors (Lipinski definition) is 0. The van der Waals surface area contributed by atoms with E-state index < -0.39 is 6.10 Å². The Balaban J connectivity index is 4.43. The highest BCUT2D eigenvalue weighted by molar-refractivity contribution is 5.71. The Morgan fingerprint density at radius 1 is 0.350 bits per heavy atom. The van der Waals surface area contributed by atoms with Crippen LogP contribution in [0.1, 0.15) is 233 Å². The number of carbonyl (C=O) groups excluding carboxylic acids is 3. The molecule has 0 aromatic heterocycles. The highest BCUT2D eigenvalue weighted by atomic mass is 16.6. The topological polar surface area (TPSA) is 78.9 Å². The molecule has 0 aliphatic heterocycles. The van der Waals surface area contributed by atoms with Crippen molar-refractivity contribution in [1.82, 2.24) is 0 Å². The van der Waals surface area contributed by atoms with Crippen LogP contribution in [0.2, 0.25) is 0 Å². The predicted octanol–water partition coefficient (Wildman–Crippen LogP) is 16.3. The third-order valence-corrected chi connectivity index (χ3v) is 10.4. The average molecular weight is 837 g/mol. The molecule has 60 heavy (non-hydrogen) atoms. The maximum absolute atomic E-state index is 12.8. The van der Waals surface area contributed by atoms with E-state index in [1.807, 2.05) is 0 Å². The molecule has 1 unspecified atom stereocenters. The lowest BCUT2D eigenvalue weighted by Gasteiger charge is -2.18. The van der Waals surface area contributed by atoms with Crippen molar-refractivity contribution in [1.29, 1.82) is 0 Å². The zero-order valence-corrected chi connectivity index (χ0v) is 39.2. The molecular formula is C54H92O6. The van der Waals surface area contributed by atoms with E-state index in [4.69, 9.17) is 14.2 Å². The normalized spacial score (nSPS) is 12.7. The summed E-state index contributed by atoms with van der Waals surface area (Å²) in [6, 6.07) is 0. The predicted molar refractivity (Wildman–Crippen MR) is 256 cm³/mol. The molecule has 6 nitrogen and oxygen atoms in total. The van der Waals surface area contributed by atoms with Gasteiger partial charge in [0.25, 0.3) is 0 Å². The summed E-state index contributed by atoms with van der Waals surface area (Å²) in [4.78, 5) is 37.9. The van der Waals surface area contributed by atoms with Gasteiger partial charge in [-0.05, 0) is 103 Å². The van der Waals surface area contributed by atoms with Crippen molar-refractivity contribution in [2.45, 2.75) is 239 Å². The molecular weight excluding hydrogens is 745 g/mol. The molecule has 0 amide bonds. The first-order valence-corrected chi connectivity index (χ1v) is 24.9. The maximum atomic E-state index is 12.8. The molecule has 0 fully saturated rings. The molecule has 0 aliphatic carbocycles. The average Bonchev–Trinajstić information content (AvgIpc) is 3.24. The lowest BCUT2D eigenvalue weighted by molar-refractivity contribution is -0.167. The summed E-state index contributed by atoms with van der Waals surface area (Å²) < 4.78 is 16.7. The van der Waals surface area contributed by atoms with Crippen LogP contribution < -0.4 is 0 Å². The van der Waals surface area contributed by atoms with Crippen molar-refractivity contribution in [3.63, 3.8) is 0 Å². The highest BCUT2D eigenvalue weighted by Gasteiger charge is 2.19. The molecule has 0 aromatic carbocycles. The van der Waals surface area contributed by atoms with Crippen molar-refractivity contribution < 1.29 is 28.6 Å². The molecule has 0 heterocycles. The molecule has 0 bridgehead atoms. The van der Waals surface area contributed by atoms with E-state index in [-0.39, 0.29) is 31.1 Å². The molecule has 0 aromatic rings. The lowest BCUT2D eigenvalue weighted by Crippen LogP contribution is -2.30. The van der Waals surface area contributed by atoms with E-state index in [0.29, 0.717) is 19.3 Å². The third kappa shape index (κ3) is 45.9. The lowest BCUT2D eigenvalue weighted by atomic mass is 10.1. The summed E-state index contributed by atoms with van der Waals surface area (Å²) >= 11 is 0. The smallest absolute Gasteiger partial charge is 0.306 e. The summed E-state index contributed by atoms with van der Waals surface area (Å²) in [7, 11) is 0. The molecule has 0 aliphatic rings. The van der Waals surface area contributed by atoms with Crippen LogP contribution in [0.15, 0.2) is 72.9 Å². The fourth-order valence-electron chi connectivity index (χ4n) is 6.72. The van der Waals surface area contributed by atoms with Gasteiger partial charge in [-0.15, -0.1) is 0 Å². The van der Waals surface area contributed by atoms with Gasteiger partial charge in [0, 0.05) is 19.3 Å². The fraction of sp³-hybridized carbons (Fsp3) is 0.722. The highest BCUT2D eigenvalue weighted by Crippen LogP contribution is 2.13. The van der Waals surface area contributed by atoms with E-state index in [0.717, 1.165) is 128 Å². The van der Waals surface area contributed by atoms with Gasteiger partial charge < -0.3 is 14.2 Å². The number of rotatable bonds is 44. The molecule has 6 heteroatoms. The molecule has 0 rings (SSSR count). The summed E-state index contributed by atoms with van der Waals surface area (Å²) in [5.41, 5.74) is 0. The molecule has 344 valence electrons. The minimum absolute atomic E-state index is 0.0939. The van der Waals surface area contributed by atoms with E-state index in [2.05, 4.69) is 93.7 Å². The van der Waals surface area contributed by atoms with Crippen LogP contribution in [0.25, 0.3) is 0 Å². The SMILES string of the molecule is CC/C=C\C/C=C\C/C=C\CCCCCCC(=O)OC(COC(=O)CCCCCCC/C=C\C/C=C\CC)COC(=O)CCCCCCC/C=C\CCCCCCCCC. The quantitative estimate of drug-likeness (QED) is 0.0263. The second-order valence-electron chi connectivity index (χ2n) is 16.3. The van der Waals surface area contributed by atoms with Crippen molar-refractivity contribution in [3.8, 4) is 0 Å². The van der Waals surface area contributed by atoms with Crippen LogP contribution >= 0.6 is 0 Å². The first-order valence-electron chi connectivity index (χ1n) is 24.9. The van der Waals surface area contributed by atoms with Gasteiger partial charge in [-0.1, -0.05) is 184 Å². The van der Waals surface area contributed by atoms with Crippen molar-refractivity contribution in [2.24, 2.45) is 0 Å². The largest absolute Gasteiger partial charge is 0.462 e. The number of allylic oxidation sites excluding steroid dienone is 12. The van der Waals surface area contributed by atoms with Gasteiger partial charge in [0.1, 0.15) is 13.2 Å². The minimum Gasteiger partial charge on any atom is -0.462 e. The molecule has 0 spiro atoms. The van der Waals surface area contributed by atoms with E-state index in [9.17, 15) is 14.4 Å². The molecule has 0 N–H and O–H groups in total. The molecule has 0 saturated carbocycles. The summed E-state index contributed by atoms with van der Waals surface area (Å²) in [5, 5.41) is 0. The monoisotopic (exact) mass is 837 g/mol. The summed E-state index contributed by atoms with van der Waals surface area (Å²) in [6.45, 7) is 6.37. The van der Waals surface area contributed by atoms with E-state index in [1.54, 1.807) is 0 Å². The molecule has 0 radical (unpaired) electrons. The van der Waals surface area contributed by atoms with Gasteiger partial charge in [0.2, 0.25) is 0 Å². The van der Waals surface area contributed by atoms with Crippen LogP contribution in [-0.4, -0.2) is 37.2 Å². The van der Waals surface area contributed by atoms with Crippen LogP contribution in [0.4, 0.5) is 0 Å². The molecule has 0 saturated heterocycles. The third-order valence-electron chi connectivity index (χ3n) is 10.4. The van der Waals surface area contributed by atoms with Crippen molar-refractivity contribution in [3.05, 3.63) is 72.9 Å². The summed E-state index contributed by atoms with van der Waals surface area (Å²) in [5.74, 6) is -0.940. The number of esters is 3. The number of ether oxygens (including phenoxy) is 3. The zero-order valence-electron chi connectivity index (χ0n) is 39.2. The van der Waals surface area contributed by atoms with Crippen LogP contribution in [-0.2, 0) is 28.6 Å². The Morgan fingerprint density at radius 3 is 1.03 bits per heavy atom. The van der Waals surface area contributed by atoms with Gasteiger partial charge in [0.15, 0.2) is 6.10 Å². The van der Waals surface area contributed by atoms with Crippen LogP contribution in [0.5, 0.6) is 0 Å². The number of carbonyl (C=O) groups is 3. The zero-order chi connectivity index (χ0) is 43.7. The van der Waals surface area contributed by atoms with Gasteiger partial charge in [0.05, 0.1) is 0 Å². The number of unbranched alkanes of at least 4 members (excludes halogenated alkanes) is 21. The van der Waals surface area contributed by atoms with Gasteiger partial charge in [-0.3, -0.25) is 14.4 Å². The first-order chi connectivity index (χ1) is 29.5. The number of hydrogen-bond acceptors (Lipinski definition) is 6. The summed E-state index contributed by atoms with van der Waals surface area (Å²) in [6.07, 6.45) is 60.3. The first kappa shape index (κ1) is 56.9.